The molecule has 0 saturated carbocycles. The Morgan fingerprint density at radius 2 is 1.06 bits per heavy atom. The first kappa shape index (κ1) is 20.4. The highest BCUT2D eigenvalue weighted by Gasteiger charge is 2.80. The van der Waals surface area contributed by atoms with E-state index in [-0.39, 0.29) is 20.9 Å². The number of aryl methyl sites for hydroxylation is 2. The minimum atomic E-state index is -5.59. The average Bonchev–Trinajstić information content (AvgIpc) is 3.25. The van der Waals surface area contributed by atoms with Crippen molar-refractivity contribution in [2.24, 2.45) is 0 Å². The van der Waals surface area contributed by atoms with Gasteiger partial charge in [-0.2, -0.15) is 26.3 Å². The van der Waals surface area contributed by atoms with Gasteiger partial charge < -0.3 is 0 Å². The van der Waals surface area contributed by atoms with Crippen LogP contribution in [0.3, 0.4) is 0 Å². The van der Waals surface area contributed by atoms with Gasteiger partial charge >= 0.3 is 17.8 Å². The first-order valence-corrected chi connectivity index (χ1v) is 10.7. The molecule has 0 amide bonds. The normalized spacial score (nSPS) is 19.6. The molecule has 1 aliphatic carbocycles. The Balaban J connectivity index is 1.94. The number of thiophene rings is 2. The third-order valence-electron chi connectivity index (χ3n) is 5.55. The van der Waals surface area contributed by atoms with Crippen LogP contribution in [0.15, 0.2) is 36.7 Å². The van der Waals surface area contributed by atoms with Crippen LogP contribution in [0.25, 0.3) is 31.6 Å². The van der Waals surface area contributed by atoms with Gasteiger partial charge in [-0.05, 0) is 37.1 Å². The van der Waals surface area contributed by atoms with E-state index in [0.29, 0.717) is 43.1 Å². The number of pyridine rings is 2. The molecule has 5 rings (SSSR count). The minimum absolute atomic E-state index is 0.214. The zero-order valence-corrected chi connectivity index (χ0v) is 17.6. The molecule has 0 saturated heterocycles. The number of aromatic nitrogens is 2. The summed E-state index contributed by atoms with van der Waals surface area (Å²) in [6.07, 6.45) is 2.85. The van der Waals surface area contributed by atoms with Gasteiger partial charge in [0.05, 0.1) is 11.1 Å². The van der Waals surface area contributed by atoms with Crippen molar-refractivity contribution in [1.82, 2.24) is 9.97 Å². The molecule has 0 spiro atoms. The van der Waals surface area contributed by atoms with E-state index in [9.17, 15) is 8.78 Å². The highest BCUT2D eigenvalue weighted by Crippen LogP contribution is 2.66. The molecule has 4 aromatic heterocycles. The third kappa shape index (κ3) is 2.46. The Morgan fingerprint density at radius 1 is 0.677 bits per heavy atom. The van der Waals surface area contributed by atoms with Gasteiger partial charge in [-0.3, -0.25) is 0 Å². The smallest absolute Gasteiger partial charge is 0.245 e. The van der Waals surface area contributed by atoms with E-state index in [4.69, 9.17) is 0 Å². The van der Waals surface area contributed by atoms with Crippen LogP contribution in [0.2, 0.25) is 0 Å². The summed E-state index contributed by atoms with van der Waals surface area (Å²) in [6, 6.07) is 6.32. The number of fused-ring (bicyclic) bond motifs is 2. The Morgan fingerprint density at radius 3 is 1.42 bits per heavy atom. The molecule has 0 unspecified atom stereocenters. The molecule has 0 aliphatic heterocycles. The predicted octanol–water partition coefficient (Wildman–Crippen LogP) is 7.35. The number of nitrogens with zero attached hydrogens (tertiary/aromatic N) is 2. The fraction of sp³-hybridized carbons (Fsp3) is 0.238. The Kier molecular flexibility index (Phi) is 4.15. The fourth-order valence-electron chi connectivity index (χ4n) is 3.92. The van der Waals surface area contributed by atoms with E-state index in [0.717, 1.165) is 0 Å². The van der Waals surface area contributed by atoms with Crippen LogP contribution in [0, 0.1) is 13.8 Å². The molecule has 1 aliphatic rings. The van der Waals surface area contributed by atoms with Gasteiger partial charge in [0.2, 0.25) is 0 Å². The number of alkyl halides is 6. The summed E-state index contributed by atoms with van der Waals surface area (Å²) in [4.78, 5) is 8.15. The number of rotatable bonds is 2. The second kappa shape index (κ2) is 6.29. The SMILES string of the molecule is Cc1c(C2=C(c3sc4ncccc4c3C)C(F)(F)C(F)(F)C2(F)F)sc2ncccc12. The van der Waals surface area contributed by atoms with Gasteiger partial charge in [-0.1, -0.05) is 12.1 Å². The zero-order valence-electron chi connectivity index (χ0n) is 15.9. The van der Waals surface area contributed by atoms with Crippen molar-refractivity contribution >= 4 is 54.3 Å². The number of hydrogen-bond donors (Lipinski definition) is 0. The van der Waals surface area contributed by atoms with E-state index in [1.165, 1.54) is 26.2 Å². The molecule has 4 aromatic rings. The molecular weight excluding hydrogens is 458 g/mol. The topological polar surface area (TPSA) is 25.8 Å². The quantitative estimate of drug-likeness (QED) is 0.286. The van der Waals surface area contributed by atoms with Gasteiger partial charge in [0.1, 0.15) is 9.66 Å². The third-order valence-corrected chi connectivity index (χ3v) is 8.02. The molecule has 0 aromatic carbocycles. The predicted molar refractivity (Wildman–Crippen MR) is 110 cm³/mol. The lowest BCUT2D eigenvalue weighted by molar-refractivity contribution is -0.254. The highest BCUT2D eigenvalue weighted by molar-refractivity contribution is 7.21. The largest absolute Gasteiger partial charge is 0.380 e. The first-order chi connectivity index (χ1) is 14.5. The van der Waals surface area contributed by atoms with Crippen molar-refractivity contribution < 1.29 is 26.3 Å². The van der Waals surface area contributed by atoms with Crippen LogP contribution in [0.4, 0.5) is 26.3 Å². The summed E-state index contributed by atoms with van der Waals surface area (Å²) in [5, 5.41) is 0.914. The maximum absolute atomic E-state index is 15.1. The summed E-state index contributed by atoms with van der Waals surface area (Å²) in [5.74, 6) is -15.7. The van der Waals surface area contributed by atoms with Crippen molar-refractivity contribution in [2.75, 3.05) is 0 Å². The van der Waals surface area contributed by atoms with Crippen molar-refractivity contribution in [1.29, 1.82) is 0 Å². The maximum Gasteiger partial charge on any atom is 0.380 e. The molecule has 0 N–H and O–H groups in total. The zero-order chi connectivity index (χ0) is 22.3. The van der Waals surface area contributed by atoms with Gasteiger partial charge in [0.15, 0.2) is 0 Å². The van der Waals surface area contributed by atoms with Crippen LogP contribution < -0.4 is 0 Å². The summed E-state index contributed by atoms with van der Waals surface area (Å²) >= 11 is 1.42. The molecule has 4 heterocycles. The summed E-state index contributed by atoms with van der Waals surface area (Å²) in [5.41, 5.74) is -2.24. The van der Waals surface area contributed by atoms with Crippen molar-refractivity contribution in [3.8, 4) is 0 Å². The summed E-state index contributed by atoms with van der Waals surface area (Å²) in [7, 11) is 0. The van der Waals surface area contributed by atoms with Crippen molar-refractivity contribution in [3.05, 3.63) is 57.5 Å². The molecule has 160 valence electrons. The lowest BCUT2D eigenvalue weighted by Crippen LogP contribution is -2.48. The first-order valence-electron chi connectivity index (χ1n) is 9.07. The number of hydrogen-bond acceptors (Lipinski definition) is 4. The molecule has 2 nitrogen and oxygen atoms in total. The standard InChI is InChI=1S/C21H12F6N2S2/c1-9-11-5-3-7-28-17(11)30-15(9)13-14(20(24,25)21(26,27)19(13,22)23)16-10(2)12-6-4-8-29-18(12)31-16/h3-8H,1-2H3. The van der Waals surface area contributed by atoms with E-state index < -0.39 is 28.9 Å². The molecular formula is C21H12F6N2S2. The molecule has 0 fully saturated rings. The van der Waals surface area contributed by atoms with E-state index in [1.807, 2.05) is 0 Å². The van der Waals surface area contributed by atoms with E-state index >= 15 is 17.6 Å². The average molecular weight is 470 g/mol. The van der Waals surface area contributed by atoms with Gasteiger partial charge in [0, 0.05) is 32.9 Å². The second-order valence-corrected chi connectivity index (χ2v) is 9.30. The minimum Gasteiger partial charge on any atom is -0.245 e. The summed E-state index contributed by atoms with van der Waals surface area (Å²) < 4.78 is 89.5. The Bertz CT molecular complexity index is 1300. The van der Waals surface area contributed by atoms with Crippen LogP contribution in [-0.4, -0.2) is 27.7 Å². The fourth-order valence-corrected chi connectivity index (χ4v) is 6.39. The van der Waals surface area contributed by atoms with Gasteiger partial charge in [-0.25, -0.2) is 9.97 Å². The van der Waals surface area contributed by atoms with E-state index in [2.05, 4.69) is 9.97 Å². The maximum atomic E-state index is 15.1. The van der Waals surface area contributed by atoms with Gasteiger partial charge in [-0.15, -0.1) is 22.7 Å². The monoisotopic (exact) mass is 470 g/mol. The second-order valence-electron chi connectivity index (χ2n) is 7.30. The van der Waals surface area contributed by atoms with Crippen LogP contribution >= 0.6 is 22.7 Å². The molecule has 0 atom stereocenters. The van der Waals surface area contributed by atoms with Crippen LogP contribution in [0.1, 0.15) is 20.9 Å². The van der Waals surface area contributed by atoms with Crippen LogP contribution in [0.5, 0.6) is 0 Å². The lowest BCUT2D eigenvalue weighted by atomic mass is 9.99. The molecule has 10 heteroatoms. The number of allylic oxidation sites excluding steroid dienone is 2. The van der Waals surface area contributed by atoms with Crippen molar-refractivity contribution in [3.63, 3.8) is 0 Å². The highest BCUT2D eigenvalue weighted by atomic mass is 32.1. The Labute approximate surface area is 179 Å². The van der Waals surface area contributed by atoms with Crippen molar-refractivity contribution in [2.45, 2.75) is 31.6 Å². The summed E-state index contributed by atoms with van der Waals surface area (Å²) in [6.45, 7) is 2.90. The van der Waals surface area contributed by atoms with Gasteiger partial charge in [0.25, 0.3) is 0 Å². The number of halogens is 6. The molecule has 0 bridgehead atoms. The van der Waals surface area contributed by atoms with Crippen LogP contribution in [-0.2, 0) is 0 Å². The molecule has 31 heavy (non-hydrogen) atoms. The molecule has 0 radical (unpaired) electrons. The lowest BCUT2D eigenvalue weighted by Gasteiger charge is -2.25. The van der Waals surface area contributed by atoms with E-state index in [1.54, 1.807) is 24.3 Å². The Hall–Kier alpha value is -2.46.